The van der Waals surface area contributed by atoms with Crippen molar-refractivity contribution in [3.63, 3.8) is 0 Å². The molecule has 0 saturated heterocycles. The molecular weight excluding hydrogens is 276 g/mol. The molecule has 1 rings (SSSR count). The molecule has 0 radical (unpaired) electrons. The molecule has 3 N–H and O–H groups in total. The van der Waals surface area contributed by atoms with E-state index in [0.29, 0.717) is 6.07 Å². The monoisotopic (exact) mass is 287 g/mol. The average Bonchev–Trinajstić information content (AvgIpc) is 2.26. The molecule has 0 heterocycles. The van der Waals surface area contributed by atoms with Crippen LogP contribution in [0, 0.1) is 0 Å². The third-order valence-electron chi connectivity index (χ3n) is 2.52. The molecule has 2 nitrogen and oxygen atoms in total. The van der Waals surface area contributed by atoms with Gasteiger partial charge in [-0.05, 0) is 11.6 Å². The van der Waals surface area contributed by atoms with Gasteiger partial charge in [0.2, 0.25) is 0 Å². The van der Waals surface area contributed by atoms with Crippen molar-refractivity contribution in [2.24, 2.45) is 5.73 Å². The van der Waals surface area contributed by atoms with Crippen LogP contribution in [0.5, 0.6) is 0 Å². The molecule has 1 aromatic carbocycles. The van der Waals surface area contributed by atoms with Gasteiger partial charge in [-0.2, -0.15) is 26.3 Å². The van der Waals surface area contributed by atoms with Gasteiger partial charge in [-0.1, -0.05) is 18.2 Å². The van der Waals surface area contributed by atoms with E-state index in [2.05, 4.69) is 0 Å². The number of nitrogens with two attached hydrogens (primary N) is 1. The highest BCUT2D eigenvalue weighted by Crippen LogP contribution is 2.36. The normalized spacial score (nSPS) is 16.2. The fourth-order valence-electron chi connectivity index (χ4n) is 1.55. The number of hydrogen-bond acceptors (Lipinski definition) is 2. The van der Waals surface area contributed by atoms with Gasteiger partial charge in [0.05, 0.1) is 11.7 Å². The Morgan fingerprint density at radius 2 is 1.58 bits per heavy atom. The molecule has 0 unspecified atom stereocenters. The maximum absolute atomic E-state index is 12.6. The van der Waals surface area contributed by atoms with Crippen LogP contribution in [-0.2, 0) is 6.18 Å². The van der Waals surface area contributed by atoms with E-state index in [0.717, 1.165) is 12.1 Å². The minimum Gasteiger partial charge on any atom is -0.388 e. The van der Waals surface area contributed by atoms with Crippen molar-refractivity contribution in [3.8, 4) is 0 Å². The van der Waals surface area contributed by atoms with Crippen molar-refractivity contribution in [2.45, 2.75) is 30.9 Å². The fourth-order valence-corrected chi connectivity index (χ4v) is 1.55. The summed E-state index contributed by atoms with van der Waals surface area (Å²) in [6, 6.07) is 1.52. The Morgan fingerprint density at radius 1 is 1.05 bits per heavy atom. The molecule has 0 aliphatic rings. The Kier molecular flexibility index (Phi) is 4.46. The van der Waals surface area contributed by atoms with Crippen molar-refractivity contribution in [2.75, 3.05) is 0 Å². The van der Waals surface area contributed by atoms with Gasteiger partial charge in [0.15, 0.2) is 0 Å². The van der Waals surface area contributed by atoms with Gasteiger partial charge in [0.1, 0.15) is 6.04 Å². The number of hydrogen-bond donors (Lipinski definition) is 2. The third kappa shape index (κ3) is 4.10. The Bertz CT molecular complexity index is 428. The number of aliphatic hydroxyl groups excluding tert-OH is 1. The minimum absolute atomic E-state index is 0.616. The first kappa shape index (κ1) is 15.8. The highest BCUT2D eigenvalue weighted by Gasteiger charge is 2.40. The number of benzene rings is 1. The van der Waals surface area contributed by atoms with E-state index < -0.39 is 42.0 Å². The predicted octanol–water partition coefficient (Wildman–Crippen LogP) is 3.02. The molecule has 8 heteroatoms. The van der Waals surface area contributed by atoms with Crippen LogP contribution < -0.4 is 5.73 Å². The summed E-state index contributed by atoms with van der Waals surface area (Å²) in [6.07, 6.45) is -12.5. The van der Waals surface area contributed by atoms with Crippen LogP contribution in [0.2, 0.25) is 0 Å². The summed E-state index contributed by atoms with van der Waals surface area (Å²) in [6.45, 7) is 0. The van der Waals surface area contributed by atoms with Gasteiger partial charge in [-0.25, -0.2) is 0 Å². The summed E-state index contributed by atoms with van der Waals surface area (Å²) < 4.78 is 74.5. The van der Waals surface area contributed by atoms with Crippen molar-refractivity contribution in [1.29, 1.82) is 0 Å². The molecule has 108 valence electrons. The zero-order valence-corrected chi connectivity index (χ0v) is 9.46. The van der Waals surface area contributed by atoms with Gasteiger partial charge < -0.3 is 10.8 Å². The smallest absolute Gasteiger partial charge is 0.388 e. The van der Waals surface area contributed by atoms with Crippen LogP contribution in [-0.4, -0.2) is 17.3 Å². The quantitative estimate of drug-likeness (QED) is 0.839. The predicted molar refractivity (Wildman–Crippen MR) is 55.1 cm³/mol. The van der Waals surface area contributed by atoms with Crippen LogP contribution in [0.3, 0.4) is 0 Å². The summed E-state index contributed by atoms with van der Waals surface area (Å²) in [7, 11) is 0. The zero-order chi connectivity index (χ0) is 14.8. The molecule has 0 amide bonds. The van der Waals surface area contributed by atoms with Crippen molar-refractivity contribution in [3.05, 3.63) is 35.4 Å². The van der Waals surface area contributed by atoms with Gasteiger partial charge >= 0.3 is 12.4 Å². The number of halogens is 6. The van der Waals surface area contributed by atoms with E-state index >= 15 is 0 Å². The van der Waals surface area contributed by atoms with Crippen LogP contribution in [0.25, 0.3) is 0 Å². The van der Waals surface area contributed by atoms with E-state index in [1.54, 1.807) is 0 Å². The molecule has 2 atom stereocenters. The third-order valence-corrected chi connectivity index (χ3v) is 2.52. The molecule has 0 fully saturated rings. The lowest BCUT2D eigenvalue weighted by molar-refractivity contribution is -0.154. The largest absolute Gasteiger partial charge is 0.416 e. The van der Waals surface area contributed by atoms with Gasteiger partial charge in [0.25, 0.3) is 0 Å². The van der Waals surface area contributed by atoms with E-state index in [9.17, 15) is 31.4 Å². The van der Waals surface area contributed by atoms with E-state index in [-0.39, 0.29) is 0 Å². The summed E-state index contributed by atoms with van der Waals surface area (Å²) in [5, 5.41) is 9.52. The maximum atomic E-state index is 12.6. The van der Waals surface area contributed by atoms with Gasteiger partial charge in [-0.15, -0.1) is 0 Å². The van der Waals surface area contributed by atoms with Crippen molar-refractivity contribution < 1.29 is 31.4 Å². The van der Waals surface area contributed by atoms with E-state index in [1.807, 2.05) is 0 Å². The summed E-state index contributed by atoms with van der Waals surface area (Å²) in [4.78, 5) is 0. The van der Waals surface area contributed by atoms with Crippen LogP contribution >= 0.6 is 0 Å². The molecule has 0 aliphatic heterocycles. The number of aliphatic hydroxyl groups is 1. The van der Waals surface area contributed by atoms with E-state index in [1.165, 1.54) is 6.07 Å². The number of alkyl halides is 6. The molecule has 1 aromatic rings. The van der Waals surface area contributed by atoms with Crippen molar-refractivity contribution in [1.82, 2.24) is 0 Å². The first-order chi connectivity index (χ1) is 8.53. The van der Waals surface area contributed by atoms with Crippen LogP contribution in [0.4, 0.5) is 26.3 Å². The number of rotatable bonds is 3. The molecular formula is C11H11F6NO. The second-order valence-electron chi connectivity index (χ2n) is 3.98. The second kappa shape index (κ2) is 5.38. The highest BCUT2D eigenvalue weighted by molar-refractivity contribution is 5.31. The van der Waals surface area contributed by atoms with Crippen molar-refractivity contribution >= 4 is 0 Å². The average molecular weight is 287 g/mol. The lowest BCUT2D eigenvalue weighted by atomic mass is 9.97. The highest BCUT2D eigenvalue weighted by atomic mass is 19.4. The van der Waals surface area contributed by atoms with Crippen LogP contribution in [0.1, 0.15) is 23.7 Å². The molecule has 19 heavy (non-hydrogen) atoms. The summed E-state index contributed by atoms with van der Waals surface area (Å²) >= 11 is 0. The molecule has 0 aromatic heterocycles. The fraction of sp³-hybridized carbons (Fsp3) is 0.455. The molecule has 0 aliphatic carbocycles. The molecule has 0 bridgehead atoms. The Hall–Kier alpha value is -1.28. The summed E-state index contributed by atoms with van der Waals surface area (Å²) in [5.41, 5.74) is 3.00. The molecule has 0 spiro atoms. The lowest BCUT2D eigenvalue weighted by Crippen LogP contribution is -2.38. The lowest BCUT2D eigenvalue weighted by Gasteiger charge is -2.21. The topological polar surface area (TPSA) is 46.2 Å². The van der Waals surface area contributed by atoms with Gasteiger partial charge in [-0.3, -0.25) is 0 Å². The Morgan fingerprint density at radius 3 is 2.05 bits per heavy atom. The van der Waals surface area contributed by atoms with Crippen LogP contribution in [0.15, 0.2) is 24.3 Å². The first-order valence-corrected chi connectivity index (χ1v) is 5.20. The Labute approximate surface area is 104 Å². The Balaban J connectivity index is 2.98. The molecule has 0 saturated carbocycles. The second-order valence-corrected chi connectivity index (χ2v) is 3.98. The SMILES string of the molecule is N[C@@H](C[C@H](O)c1ccccc1C(F)(F)F)C(F)(F)F. The maximum Gasteiger partial charge on any atom is 0.416 e. The standard InChI is InChI=1S/C11H11F6NO/c12-10(13,14)7-4-2-1-3-6(7)8(19)5-9(18)11(15,16)17/h1-4,8-9,19H,5,18H2/t8-,9-/m0/s1. The zero-order valence-electron chi connectivity index (χ0n) is 9.46. The van der Waals surface area contributed by atoms with Gasteiger partial charge in [0, 0.05) is 6.42 Å². The minimum atomic E-state index is -4.77. The van der Waals surface area contributed by atoms with E-state index in [4.69, 9.17) is 5.73 Å². The first-order valence-electron chi connectivity index (χ1n) is 5.20. The summed E-state index contributed by atoms with van der Waals surface area (Å²) in [5.74, 6) is 0.